The first-order valence-electron chi connectivity index (χ1n) is 6.47. The van der Waals surface area contributed by atoms with Crippen LogP contribution >= 0.6 is 0 Å². The largest absolute Gasteiger partial charge is 0.478 e. The van der Waals surface area contributed by atoms with Gasteiger partial charge in [-0.1, -0.05) is 13.8 Å². The normalized spacial score (nSPS) is 11.3. The summed E-state index contributed by atoms with van der Waals surface area (Å²) in [5.74, 6) is 1.22. The molecule has 0 fully saturated rings. The molecule has 102 valence electrons. The van der Waals surface area contributed by atoms with Crippen LogP contribution in [0.4, 0.5) is 5.95 Å². The van der Waals surface area contributed by atoms with Crippen molar-refractivity contribution in [2.45, 2.75) is 33.6 Å². The lowest BCUT2D eigenvalue weighted by atomic mass is 9.88. The van der Waals surface area contributed by atoms with Gasteiger partial charge in [-0.25, -0.2) is 4.98 Å². The van der Waals surface area contributed by atoms with Gasteiger partial charge in [-0.05, 0) is 31.7 Å². The zero-order valence-corrected chi connectivity index (χ0v) is 11.6. The van der Waals surface area contributed by atoms with E-state index in [0.717, 1.165) is 25.9 Å². The van der Waals surface area contributed by atoms with Crippen LogP contribution in [0.1, 0.15) is 33.6 Å². The van der Waals surface area contributed by atoms with E-state index in [1.165, 1.54) is 0 Å². The van der Waals surface area contributed by atoms with E-state index in [-0.39, 0.29) is 5.41 Å². The second-order valence-corrected chi connectivity index (χ2v) is 5.06. The summed E-state index contributed by atoms with van der Waals surface area (Å²) < 4.78 is 5.34. The molecular weight excluding hydrogens is 228 g/mol. The number of aromatic nitrogens is 2. The molecule has 0 radical (unpaired) electrons. The van der Waals surface area contributed by atoms with Gasteiger partial charge in [0, 0.05) is 18.8 Å². The van der Waals surface area contributed by atoms with Gasteiger partial charge in [0.05, 0.1) is 6.61 Å². The van der Waals surface area contributed by atoms with Crippen molar-refractivity contribution in [2.24, 2.45) is 11.1 Å². The number of rotatable bonds is 8. The third kappa shape index (κ3) is 5.31. The molecular formula is C13H24N4O. The summed E-state index contributed by atoms with van der Waals surface area (Å²) in [6.45, 7) is 8.52. The average molecular weight is 252 g/mol. The van der Waals surface area contributed by atoms with E-state index >= 15 is 0 Å². The molecule has 1 aromatic rings. The number of nitrogens with two attached hydrogens (primary N) is 1. The Balaban J connectivity index is 2.49. The molecule has 0 aliphatic heterocycles. The van der Waals surface area contributed by atoms with Crippen molar-refractivity contribution in [1.29, 1.82) is 0 Å². The maximum Gasteiger partial charge on any atom is 0.225 e. The van der Waals surface area contributed by atoms with Crippen LogP contribution in [0, 0.1) is 5.41 Å². The predicted octanol–water partition coefficient (Wildman–Crippen LogP) is 2.05. The highest BCUT2D eigenvalue weighted by molar-refractivity contribution is 5.27. The van der Waals surface area contributed by atoms with Crippen LogP contribution in [0.25, 0.3) is 0 Å². The summed E-state index contributed by atoms with van der Waals surface area (Å²) in [4.78, 5) is 8.45. The molecule has 0 aliphatic carbocycles. The standard InChI is InChI=1S/C13H24N4O/c1-4-18-11-6-9-15-12(17-11)16-10-13(2,3)7-5-8-14/h6,9H,4-5,7-8,10,14H2,1-3H3,(H,15,16,17). The minimum Gasteiger partial charge on any atom is -0.478 e. The average Bonchev–Trinajstić information content (AvgIpc) is 2.35. The van der Waals surface area contributed by atoms with Crippen molar-refractivity contribution in [3.8, 4) is 5.88 Å². The van der Waals surface area contributed by atoms with Gasteiger partial charge >= 0.3 is 0 Å². The zero-order valence-electron chi connectivity index (χ0n) is 11.6. The molecule has 1 heterocycles. The Bertz CT molecular complexity index is 355. The first-order chi connectivity index (χ1) is 8.57. The summed E-state index contributed by atoms with van der Waals surface area (Å²) in [5, 5.41) is 3.25. The number of ether oxygens (including phenoxy) is 1. The molecule has 5 nitrogen and oxygen atoms in total. The van der Waals surface area contributed by atoms with Crippen molar-refractivity contribution in [1.82, 2.24) is 9.97 Å². The molecule has 3 N–H and O–H groups in total. The molecule has 0 atom stereocenters. The highest BCUT2D eigenvalue weighted by Crippen LogP contribution is 2.22. The molecule has 0 bridgehead atoms. The second-order valence-electron chi connectivity index (χ2n) is 5.06. The molecule has 0 amide bonds. The smallest absolute Gasteiger partial charge is 0.225 e. The van der Waals surface area contributed by atoms with Crippen LogP contribution in [-0.2, 0) is 0 Å². The van der Waals surface area contributed by atoms with Gasteiger partial charge in [0.15, 0.2) is 0 Å². The summed E-state index contributed by atoms with van der Waals surface area (Å²) in [6.07, 6.45) is 3.82. The van der Waals surface area contributed by atoms with Gasteiger partial charge in [-0.3, -0.25) is 0 Å². The first kappa shape index (κ1) is 14.7. The molecule has 0 spiro atoms. The Morgan fingerprint density at radius 2 is 2.22 bits per heavy atom. The molecule has 1 rings (SSSR count). The van der Waals surface area contributed by atoms with E-state index in [1.54, 1.807) is 12.3 Å². The van der Waals surface area contributed by atoms with Crippen molar-refractivity contribution in [3.63, 3.8) is 0 Å². The Hall–Kier alpha value is -1.36. The lowest BCUT2D eigenvalue weighted by Crippen LogP contribution is -2.24. The van der Waals surface area contributed by atoms with E-state index in [9.17, 15) is 0 Å². The first-order valence-corrected chi connectivity index (χ1v) is 6.47. The van der Waals surface area contributed by atoms with Gasteiger partial charge < -0.3 is 15.8 Å². The van der Waals surface area contributed by atoms with Crippen LogP contribution in [0.2, 0.25) is 0 Å². The monoisotopic (exact) mass is 252 g/mol. The quantitative estimate of drug-likeness (QED) is 0.741. The Labute approximate surface area is 109 Å². The minimum absolute atomic E-state index is 0.185. The summed E-state index contributed by atoms with van der Waals surface area (Å²) in [6, 6.07) is 1.76. The van der Waals surface area contributed by atoms with Crippen LogP contribution < -0.4 is 15.8 Å². The fraction of sp³-hybridized carbons (Fsp3) is 0.692. The van der Waals surface area contributed by atoms with Gasteiger partial charge in [-0.2, -0.15) is 4.98 Å². The summed E-state index contributed by atoms with van der Waals surface area (Å²) in [5.41, 5.74) is 5.72. The van der Waals surface area contributed by atoms with E-state index in [0.29, 0.717) is 18.4 Å². The van der Waals surface area contributed by atoms with Crippen LogP contribution in [0.5, 0.6) is 5.88 Å². The number of hydrogen-bond donors (Lipinski definition) is 2. The van der Waals surface area contributed by atoms with Gasteiger partial charge in [0.1, 0.15) is 0 Å². The van der Waals surface area contributed by atoms with E-state index in [4.69, 9.17) is 10.5 Å². The van der Waals surface area contributed by atoms with Gasteiger partial charge in [-0.15, -0.1) is 0 Å². The molecule has 0 unspecified atom stereocenters. The molecule has 5 heteroatoms. The number of hydrogen-bond acceptors (Lipinski definition) is 5. The van der Waals surface area contributed by atoms with Crippen molar-refractivity contribution in [2.75, 3.05) is 25.0 Å². The molecule has 1 aromatic heterocycles. The van der Waals surface area contributed by atoms with E-state index in [2.05, 4.69) is 29.1 Å². The second kappa shape index (κ2) is 7.16. The highest BCUT2D eigenvalue weighted by Gasteiger charge is 2.17. The minimum atomic E-state index is 0.185. The summed E-state index contributed by atoms with van der Waals surface area (Å²) in [7, 11) is 0. The van der Waals surface area contributed by atoms with Crippen LogP contribution in [0.3, 0.4) is 0 Å². The third-order valence-corrected chi connectivity index (χ3v) is 2.70. The van der Waals surface area contributed by atoms with Crippen LogP contribution in [0.15, 0.2) is 12.3 Å². The molecule has 0 aliphatic rings. The van der Waals surface area contributed by atoms with Crippen molar-refractivity contribution < 1.29 is 4.74 Å². The third-order valence-electron chi connectivity index (χ3n) is 2.70. The van der Waals surface area contributed by atoms with Crippen molar-refractivity contribution in [3.05, 3.63) is 12.3 Å². The molecule has 0 saturated carbocycles. The molecule has 0 saturated heterocycles. The van der Waals surface area contributed by atoms with E-state index < -0.39 is 0 Å². The van der Waals surface area contributed by atoms with Gasteiger partial charge in [0.2, 0.25) is 11.8 Å². The Morgan fingerprint density at radius 1 is 1.44 bits per heavy atom. The summed E-state index contributed by atoms with van der Waals surface area (Å²) >= 11 is 0. The molecule has 18 heavy (non-hydrogen) atoms. The Morgan fingerprint density at radius 3 is 2.89 bits per heavy atom. The van der Waals surface area contributed by atoms with E-state index in [1.807, 2.05) is 6.92 Å². The maximum atomic E-state index is 5.53. The van der Waals surface area contributed by atoms with Crippen molar-refractivity contribution >= 4 is 5.95 Å². The predicted molar refractivity (Wildman–Crippen MR) is 73.8 cm³/mol. The topological polar surface area (TPSA) is 73.1 Å². The SMILES string of the molecule is CCOc1ccnc(NCC(C)(C)CCCN)n1. The fourth-order valence-electron chi connectivity index (χ4n) is 1.64. The fourth-order valence-corrected chi connectivity index (χ4v) is 1.64. The van der Waals surface area contributed by atoms with Crippen LogP contribution in [-0.4, -0.2) is 29.7 Å². The Kier molecular flexibility index (Phi) is 5.85. The molecule has 0 aromatic carbocycles. The number of nitrogens with zero attached hydrogens (tertiary/aromatic N) is 2. The van der Waals surface area contributed by atoms with Gasteiger partial charge in [0.25, 0.3) is 0 Å². The zero-order chi connectivity index (χ0) is 13.4. The maximum absolute atomic E-state index is 5.53. The number of nitrogens with one attached hydrogen (secondary N) is 1. The lowest BCUT2D eigenvalue weighted by Gasteiger charge is -2.24. The highest BCUT2D eigenvalue weighted by atomic mass is 16.5. The lowest BCUT2D eigenvalue weighted by molar-refractivity contribution is 0.325. The number of anilines is 1.